The van der Waals surface area contributed by atoms with Crippen LogP contribution in [0, 0.1) is 5.92 Å². The summed E-state index contributed by atoms with van der Waals surface area (Å²) in [6.45, 7) is 4.99. The first-order valence-electron chi connectivity index (χ1n) is 9.59. The van der Waals surface area contributed by atoms with E-state index in [4.69, 9.17) is 25.1 Å². The van der Waals surface area contributed by atoms with E-state index in [1.54, 1.807) is 0 Å². The number of carbonyl (C=O) groups is 2. The molecule has 0 aromatic heterocycles. The van der Waals surface area contributed by atoms with Crippen molar-refractivity contribution in [2.45, 2.75) is 77.2 Å². The third-order valence-corrected chi connectivity index (χ3v) is 4.07. The van der Waals surface area contributed by atoms with E-state index in [0.29, 0.717) is 5.92 Å². The number of hydrogen-bond donors (Lipinski definition) is 2. The topological polar surface area (TPSA) is 98.9 Å². The summed E-state index contributed by atoms with van der Waals surface area (Å²) in [5.41, 5.74) is 5.32. The number of nitrogens with two attached hydrogens (primary N) is 1. The lowest BCUT2D eigenvalue weighted by molar-refractivity contribution is -0.192. The van der Waals surface area contributed by atoms with Gasteiger partial charge in [-0.2, -0.15) is 13.2 Å². The number of ether oxygens (including phenoxy) is 2. The molecule has 0 saturated carbocycles. The van der Waals surface area contributed by atoms with Gasteiger partial charge in [0.2, 0.25) is 0 Å². The van der Waals surface area contributed by atoms with Crippen molar-refractivity contribution in [2.24, 2.45) is 11.7 Å². The van der Waals surface area contributed by atoms with Crippen LogP contribution in [0.2, 0.25) is 0 Å². The van der Waals surface area contributed by atoms with Crippen LogP contribution in [0.15, 0.2) is 12.2 Å². The molecule has 0 unspecified atom stereocenters. The van der Waals surface area contributed by atoms with Crippen LogP contribution in [-0.2, 0) is 19.1 Å². The zero-order valence-corrected chi connectivity index (χ0v) is 16.5. The molecule has 1 aliphatic rings. The number of esters is 1. The standard InChI is InChI=1S/C17H31NO3.C2HF3O2/c1-3-4-5-6-7-8-9-10-15-16(21-17(19)12-18)11-14(2)13-20-15;3-2(4,5)1(6)7/h9-10,14-16H,3-8,11-13,18H2,1-2H3;(H,6,7)/b10-9+;/t14-,15+,16-;/m1./s1. The monoisotopic (exact) mass is 411 g/mol. The first-order valence-corrected chi connectivity index (χ1v) is 9.59. The Morgan fingerprint density at radius 2 is 1.86 bits per heavy atom. The summed E-state index contributed by atoms with van der Waals surface area (Å²) in [4.78, 5) is 20.3. The summed E-state index contributed by atoms with van der Waals surface area (Å²) in [5.74, 6) is -2.69. The lowest BCUT2D eigenvalue weighted by Gasteiger charge is -2.32. The molecule has 9 heteroatoms. The SMILES string of the molecule is CCCCCCC/C=C/[C@@H]1OC[C@H](C)C[C@H]1OC(=O)CN.O=C(O)C(F)(F)F. The molecule has 1 heterocycles. The number of allylic oxidation sites excluding steroid dienone is 1. The van der Waals surface area contributed by atoms with Crippen LogP contribution in [0.5, 0.6) is 0 Å². The fourth-order valence-electron chi connectivity index (χ4n) is 2.59. The molecular formula is C19H32F3NO5. The van der Waals surface area contributed by atoms with Crippen LogP contribution >= 0.6 is 0 Å². The van der Waals surface area contributed by atoms with Gasteiger partial charge in [0.05, 0.1) is 13.2 Å². The first kappa shape index (κ1) is 26.4. The lowest BCUT2D eigenvalue weighted by atomic mass is 9.96. The van der Waals surface area contributed by atoms with Crippen LogP contribution in [0.3, 0.4) is 0 Å². The van der Waals surface area contributed by atoms with Crippen LogP contribution < -0.4 is 5.73 Å². The Hall–Kier alpha value is -1.61. The van der Waals surface area contributed by atoms with Gasteiger partial charge in [-0.3, -0.25) is 4.79 Å². The number of carboxylic acid groups (broad SMARTS) is 1. The summed E-state index contributed by atoms with van der Waals surface area (Å²) in [6.07, 6.45) is 7.15. The second-order valence-corrected chi connectivity index (χ2v) is 6.81. The van der Waals surface area contributed by atoms with Crippen LogP contribution in [0.25, 0.3) is 0 Å². The molecule has 28 heavy (non-hydrogen) atoms. The van der Waals surface area contributed by atoms with E-state index in [9.17, 15) is 18.0 Å². The fraction of sp³-hybridized carbons (Fsp3) is 0.789. The zero-order valence-electron chi connectivity index (χ0n) is 16.5. The number of unbranched alkanes of at least 4 members (excludes halogenated alkanes) is 5. The van der Waals surface area contributed by atoms with Gasteiger partial charge in [0.1, 0.15) is 12.2 Å². The molecule has 0 amide bonds. The Kier molecular flexibility index (Phi) is 13.6. The molecule has 0 aliphatic carbocycles. The largest absolute Gasteiger partial charge is 0.490 e. The highest BCUT2D eigenvalue weighted by molar-refractivity contribution is 5.73. The molecule has 0 aromatic rings. The molecule has 3 N–H and O–H groups in total. The van der Waals surface area contributed by atoms with Gasteiger partial charge in [0.15, 0.2) is 0 Å². The molecular weight excluding hydrogens is 379 g/mol. The van der Waals surface area contributed by atoms with Crippen LogP contribution in [0.4, 0.5) is 13.2 Å². The summed E-state index contributed by atoms with van der Waals surface area (Å²) in [7, 11) is 0. The first-order chi connectivity index (χ1) is 13.1. The van der Waals surface area contributed by atoms with Crippen molar-refractivity contribution in [3.8, 4) is 0 Å². The van der Waals surface area contributed by atoms with Crippen LogP contribution in [0.1, 0.15) is 58.8 Å². The minimum atomic E-state index is -5.08. The van der Waals surface area contributed by atoms with Gasteiger partial charge in [0.25, 0.3) is 0 Å². The van der Waals surface area contributed by atoms with E-state index in [2.05, 4.69) is 26.0 Å². The smallest absolute Gasteiger partial charge is 0.475 e. The quantitative estimate of drug-likeness (QED) is 0.340. The molecule has 164 valence electrons. The van der Waals surface area contributed by atoms with Crippen molar-refractivity contribution in [3.05, 3.63) is 12.2 Å². The summed E-state index contributed by atoms with van der Waals surface area (Å²) in [5, 5.41) is 7.12. The van der Waals surface area contributed by atoms with Crippen molar-refractivity contribution < 1.29 is 37.3 Å². The Labute approximate surface area is 164 Å². The van der Waals surface area contributed by atoms with E-state index < -0.39 is 12.1 Å². The second kappa shape index (κ2) is 14.4. The molecule has 3 atom stereocenters. The molecule has 1 saturated heterocycles. The van der Waals surface area contributed by atoms with Gasteiger partial charge in [-0.1, -0.05) is 51.7 Å². The molecule has 1 fully saturated rings. The normalized spacial score (nSPS) is 22.4. The highest BCUT2D eigenvalue weighted by Gasteiger charge is 2.38. The van der Waals surface area contributed by atoms with Crippen molar-refractivity contribution in [3.63, 3.8) is 0 Å². The molecule has 1 aliphatic heterocycles. The Morgan fingerprint density at radius 1 is 1.25 bits per heavy atom. The minimum absolute atomic E-state index is 0.0707. The maximum absolute atomic E-state index is 11.4. The summed E-state index contributed by atoms with van der Waals surface area (Å²) in [6, 6.07) is 0. The van der Waals surface area contributed by atoms with Crippen molar-refractivity contribution in [1.29, 1.82) is 0 Å². The molecule has 6 nitrogen and oxygen atoms in total. The van der Waals surface area contributed by atoms with Crippen LogP contribution in [-0.4, -0.2) is 48.6 Å². The Morgan fingerprint density at radius 3 is 2.39 bits per heavy atom. The molecule has 1 rings (SSSR count). The van der Waals surface area contributed by atoms with Gasteiger partial charge in [-0.25, -0.2) is 4.79 Å². The molecule has 0 bridgehead atoms. The number of aliphatic carboxylic acids is 1. The number of carboxylic acids is 1. The predicted molar refractivity (Wildman–Crippen MR) is 98.7 cm³/mol. The number of alkyl halides is 3. The average Bonchev–Trinajstić information content (AvgIpc) is 2.62. The van der Waals surface area contributed by atoms with Crippen molar-refractivity contribution in [1.82, 2.24) is 0 Å². The van der Waals surface area contributed by atoms with E-state index in [1.807, 2.05) is 0 Å². The van der Waals surface area contributed by atoms with Gasteiger partial charge in [-0.15, -0.1) is 0 Å². The molecule has 0 spiro atoms. The van der Waals surface area contributed by atoms with Gasteiger partial charge in [0, 0.05) is 0 Å². The van der Waals surface area contributed by atoms with Gasteiger partial charge >= 0.3 is 18.1 Å². The Balaban J connectivity index is 0.000000887. The summed E-state index contributed by atoms with van der Waals surface area (Å²) < 4.78 is 42.9. The van der Waals surface area contributed by atoms with E-state index in [-0.39, 0.29) is 24.7 Å². The van der Waals surface area contributed by atoms with Gasteiger partial charge < -0.3 is 20.3 Å². The number of halogens is 3. The maximum Gasteiger partial charge on any atom is 0.490 e. The lowest BCUT2D eigenvalue weighted by Crippen LogP contribution is -2.40. The zero-order chi connectivity index (χ0) is 21.6. The molecule has 0 radical (unpaired) electrons. The fourth-order valence-corrected chi connectivity index (χ4v) is 2.59. The highest BCUT2D eigenvalue weighted by atomic mass is 19.4. The Bertz CT molecular complexity index is 483. The second-order valence-electron chi connectivity index (χ2n) is 6.81. The third-order valence-electron chi connectivity index (χ3n) is 4.07. The van der Waals surface area contributed by atoms with E-state index in [0.717, 1.165) is 19.4 Å². The van der Waals surface area contributed by atoms with Gasteiger partial charge in [-0.05, 0) is 25.2 Å². The maximum atomic E-state index is 11.4. The van der Waals surface area contributed by atoms with Crippen molar-refractivity contribution >= 4 is 11.9 Å². The minimum Gasteiger partial charge on any atom is -0.475 e. The number of carbonyl (C=O) groups excluding carboxylic acids is 1. The van der Waals surface area contributed by atoms with E-state index in [1.165, 1.54) is 32.1 Å². The predicted octanol–water partition coefficient (Wildman–Crippen LogP) is 3.83. The molecule has 0 aromatic carbocycles. The average molecular weight is 411 g/mol. The van der Waals surface area contributed by atoms with E-state index >= 15 is 0 Å². The third kappa shape index (κ3) is 12.7. The highest BCUT2D eigenvalue weighted by Crippen LogP contribution is 2.23. The number of hydrogen-bond acceptors (Lipinski definition) is 5. The number of rotatable bonds is 9. The van der Waals surface area contributed by atoms with Crippen molar-refractivity contribution in [2.75, 3.05) is 13.2 Å². The summed E-state index contributed by atoms with van der Waals surface area (Å²) >= 11 is 0.